The predicted octanol–water partition coefficient (Wildman–Crippen LogP) is 0.686. The molecule has 6 nitrogen and oxygen atoms in total. The maximum atomic E-state index is 11.8. The lowest BCUT2D eigenvalue weighted by Crippen LogP contribution is -2.30. The number of halogens is 1. The van der Waals surface area contributed by atoms with Gasteiger partial charge in [0, 0.05) is 18.0 Å². The molecule has 0 saturated heterocycles. The van der Waals surface area contributed by atoms with Gasteiger partial charge in [0.15, 0.2) is 0 Å². The smallest absolute Gasteiger partial charge is 0.244 e. The van der Waals surface area contributed by atoms with Crippen molar-refractivity contribution in [3.8, 4) is 0 Å². The van der Waals surface area contributed by atoms with E-state index in [0.717, 1.165) is 0 Å². The monoisotopic (exact) mass is 292 g/mol. The van der Waals surface area contributed by atoms with Gasteiger partial charge in [0.05, 0.1) is 12.0 Å². The summed E-state index contributed by atoms with van der Waals surface area (Å²) < 4.78 is 25.9. The van der Waals surface area contributed by atoms with Gasteiger partial charge >= 0.3 is 0 Å². The first-order valence-corrected chi connectivity index (χ1v) is 6.89. The van der Waals surface area contributed by atoms with Crippen LogP contribution in [0.2, 0.25) is 5.02 Å². The molecule has 0 radical (unpaired) electrons. The molecule has 1 aromatic rings. The third-order valence-corrected chi connectivity index (χ3v) is 3.66. The molecule has 100 valence electrons. The summed E-state index contributed by atoms with van der Waals surface area (Å²) in [6, 6.07) is 5.86. The number of hydrogen-bond acceptors (Lipinski definition) is 4. The van der Waals surface area contributed by atoms with Crippen LogP contribution in [-0.2, 0) is 19.7 Å². The van der Waals surface area contributed by atoms with Gasteiger partial charge in [-0.1, -0.05) is 17.7 Å². The lowest BCUT2D eigenvalue weighted by atomic mass is 10.4. The number of nitrogens with one attached hydrogen (secondary N) is 2. The molecule has 0 unspecified atom stereocenters. The second-order valence-electron chi connectivity index (χ2n) is 3.33. The highest BCUT2D eigenvalue weighted by Crippen LogP contribution is 2.14. The summed E-state index contributed by atoms with van der Waals surface area (Å²) in [5.41, 5.74) is 2.09. The van der Waals surface area contributed by atoms with Gasteiger partial charge in [-0.15, -0.1) is 0 Å². The van der Waals surface area contributed by atoms with Gasteiger partial charge in [0.1, 0.15) is 0 Å². The van der Waals surface area contributed by atoms with Crippen LogP contribution >= 0.6 is 11.6 Å². The summed E-state index contributed by atoms with van der Waals surface area (Å²) in [6.45, 7) is -0.0238. The van der Waals surface area contributed by atoms with Crippen LogP contribution in [0.5, 0.6) is 0 Å². The second-order valence-corrected chi connectivity index (χ2v) is 5.54. The molecule has 2 N–H and O–H groups in total. The maximum absolute atomic E-state index is 11.8. The number of hydrogen-bond donors (Lipinski definition) is 2. The minimum Gasteiger partial charge on any atom is -0.277 e. The zero-order valence-electron chi connectivity index (χ0n) is 9.64. The maximum Gasteiger partial charge on any atom is 0.244 e. The van der Waals surface area contributed by atoms with Crippen molar-refractivity contribution in [2.24, 2.45) is 0 Å². The first kappa shape index (κ1) is 14.9. The summed E-state index contributed by atoms with van der Waals surface area (Å²) in [5, 5.41) is 0.329. The number of carbonyl (C=O) groups excluding carboxylic acids is 1. The zero-order chi connectivity index (χ0) is 13.6. The Morgan fingerprint density at radius 3 is 2.78 bits per heavy atom. The highest BCUT2D eigenvalue weighted by molar-refractivity contribution is 7.89. The fourth-order valence-electron chi connectivity index (χ4n) is 1.18. The molecule has 1 rings (SSSR count). The van der Waals surface area contributed by atoms with Crippen molar-refractivity contribution in [1.29, 1.82) is 0 Å². The van der Waals surface area contributed by atoms with Crippen LogP contribution < -0.4 is 10.2 Å². The third-order valence-electron chi connectivity index (χ3n) is 1.97. The molecule has 0 heterocycles. The van der Waals surface area contributed by atoms with Crippen LogP contribution in [-0.4, -0.2) is 28.0 Å². The molecule has 0 aliphatic rings. The van der Waals surface area contributed by atoms with Crippen LogP contribution in [0, 0.1) is 0 Å². The fourth-order valence-corrected chi connectivity index (χ4v) is 2.51. The largest absolute Gasteiger partial charge is 0.277 e. The number of amides is 1. The molecule has 0 atom stereocenters. The summed E-state index contributed by atoms with van der Waals surface area (Å²) in [4.78, 5) is 15.5. The van der Waals surface area contributed by atoms with Gasteiger partial charge in [0.25, 0.3) is 0 Å². The Morgan fingerprint density at radius 2 is 2.17 bits per heavy atom. The Kier molecular flexibility index (Phi) is 5.54. The molecule has 0 aromatic heterocycles. The van der Waals surface area contributed by atoms with Crippen molar-refractivity contribution in [2.45, 2.75) is 11.3 Å². The van der Waals surface area contributed by atoms with E-state index in [0.29, 0.717) is 5.02 Å². The number of sulfonamides is 1. The number of carbonyl (C=O) groups is 1. The van der Waals surface area contributed by atoms with Crippen LogP contribution in [0.3, 0.4) is 0 Å². The fraction of sp³-hybridized carbons (Fsp3) is 0.300. The SMILES string of the molecule is CONC(=O)CCNS(=O)(=O)c1cccc(Cl)c1. The van der Waals surface area contributed by atoms with Gasteiger partial charge in [-0.2, -0.15) is 0 Å². The summed E-state index contributed by atoms with van der Waals surface area (Å²) in [5.74, 6) is -0.411. The van der Waals surface area contributed by atoms with E-state index in [1.54, 1.807) is 6.07 Å². The lowest BCUT2D eigenvalue weighted by molar-refractivity contribution is -0.131. The van der Waals surface area contributed by atoms with E-state index < -0.39 is 15.9 Å². The van der Waals surface area contributed by atoms with Crippen molar-refractivity contribution in [3.63, 3.8) is 0 Å². The van der Waals surface area contributed by atoms with E-state index in [9.17, 15) is 13.2 Å². The summed E-state index contributed by atoms with van der Waals surface area (Å²) in [7, 11) is -2.35. The molecule has 0 bridgehead atoms. The molecule has 0 aliphatic carbocycles. The Labute approximate surface area is 110 Å². The Hall–Kier alpha value is -1.15. The normalized spacial score (nSPS) is 11.2. The van der Waals surface area contributed by atoms with Gasteiger partial charge in [-0.05, 0) is 18.2 Å². The molecule has 0 fully saturated rings. The van der Waals surface area contributed by atoms with Gasteiger partial charge in [-0.25, -0.2) is 18.6 Å². The Bertz CT molecular complexity index is 518. The zero-order valence-corrected chi connectivity index (χ0v) is 11.2. The average molecular weight is 293 g/mol. The molecular formula is C10H13ClN2O4S. The van der Waals surface area contributed by atoms with Crippen molar-refractivity contribution >= 4 is 27.5 Å². The van der Waals surface area contributed by atoms with Crippen LogP contribution in [0.15, 0.2) is 29.2 Å². The predicted molar refractivity (Wildman–Crippen MR) is 66.4 cm³/mol. The number of rotatable bonds is 6. The second kappa shape index (κ2) is 6.69. The summed E-state index contributed by atoms with van der Waals surface area (Å²) in [6.07, 6.45) is -0.0202. The van der Waals surface area contributed by atoms with Gasteiger partial charge in [0.2, 0.25) is 15.9 Å². The van der Waals surface area contributed by atoms with Crippen LogP contribution in [0.25, 0.3) is 0 Å². The van der Waals surface area contributed by atoms with Crippen molar-refractivity contribution in [2.75, 3.05) is 13.7 Å². The molecular weight excluding hydrogens is 280 g/mol. The summed E-state index contributed by atoms with van der Waals surface area (Å²) >= 11 is 5.70. The van der Waals surface area contributed by atoms with E-state index in [-0.39, 0.29) is 17.9 Å². The first-order chi connectivity index (χ1) is 8.45. The molecule has 0 aliphatic heterocycles. The van der Waals surface area contributed by atoms with Gasteiger partial charge in [-0.3, -0.25) is 9.63 Å². The molecule has 18 heavy (non-hydrogen) atoms. The van der Waals surface area contributed by atoms with Crippen molar-refractivity contribution in [3.05, 3.63) is 29.3 Å². The van der Waals surface area contributed by atoms with E-state index in [2.05, 4.69) is 15.0 Å². The third kappa shape index (κ3) is 4.61. The Balaban J connectivity index is 2.58. The van der Waals surface area contributed by atoms with E-state index in [4.69, 9.17) is 11.6 Å². The van der Waals surface area contributed by atoms with E-state index in [1.807, 2.05) is 0 Å². The molecule has 8 heteroatoms. The number of hydroxylamine groups is 1. The quantitative estimate of drug-likeness (QED) is 0.755. The molecule has 1 amide bonds. The van der Waals surface area contributed by atoms with E-state index in [1.165, 1.54) is 25.3 Å². The van der Waals surface area contributed by atoms with Crippen LogP contribution in [0.4, 0.5) is 0 Å². The number of benzene rings is 1. The first-order valence-electron chi connectivity index (χ1n) is 5.03. The minimum absolute atomic E-state index is 0.0202. The molecule has 0 saturated carbocycles. The highest BCUT2D eigenvalue weighted by Gasteiger charge is 2.14. The van der Waals surface area contributed by atoms with Crippen LogP contribution in [0.1, 0.15) is 6.42 Å². The Morgan fingerprint density at radius 1 is 1.44 bits per heavy atom. The standard InChI is InChI=1S/C10H13ClN2O4S/c1-17-13-10(14)5-6-12-18(15,16)9-4-2-3-8(11)7-9/h2-4,7,12H,5-6H2,1H3,(H,13,14). The topological polar surface area (TPSA) is 84.5 Å². The molecule has 0 spiro atoms. The van der Waals surface area contributed by atoms with Crippen molar-refractivity contribution in [1.82, 2.24) is 10.2 Å². The van der Waals surface area contributed by atoms with Gasteiger partial charge < -0.3 is 0 Å². The molecule has 1 aromatic carbocycles. The van der Waals surface area contributed by atoms with E-state index >= 15 is 0 Å². The van der Waals surface area contributed by atoms with Crippen molar-refractivity contribution < 1.29 is 18.0 Å². The average Bonchev–Trinajstić information content (AvgIpc) is 2.29. The highest BCUT2D eigenvalue weighted by atomic mass is 35.5. The minimum atomic E-state index is -3.65. The lowest BCUT2D eigenvalue weighted by Gasteiger charge is -2.06.